The van der Waals surface area contributed by atoms with Gasteiger partial charge >= 0.3 is 18.5 Å². The Morgan fingerprint density at radius 2 is 1.51 bits per heavy atom. The number of benzene rings is 2. The summed E-state index contributed by atoms with van der Waals surface area (Å²) < 4.78 is 123. The van der Waals surface area contributed by atoms with Crippen molar-refractivity contribution in [3.63, 3.8) is 0 Å². The van der Waals surface area contributed by atoms with E-state index in [0.29, 0.717) is 30.7 Å². The van der Waals surface area contributed by atoms with E-state index in [0.717, 1.165) is 27.7 Å². The molecule has 0 spiro atoms. The van der Waals surface area contributed by atoms with E-state index in [2.05, 4.69) is 20.6 Å². The molecular formula is C28H30F9N7S. The smallest absolute Gasteiger partial charge is 0.330 e. The number of nitrogens with one attached hydrogen (secondary N) is 2. The molecule has 7 nitrogen and oxygen atoms in total. The molecule has 1 heterocycles. The maximum absolute atomic E-state index is 13.8. The second-order valence-electron chi connectivity index (χ2n) is 10.1. The highest BCUT2D eigenvalue weighted by Crippen LogP contribution is 2.38. The van der Waals surface area contributed by atoms with E-state index in [1.54, 1.807) is 7.05 Å². The van der Waals surface area contributed by atoms with E-state index in [1.807, 2.05) is 24.1 Å². The van der Waals surface area contributed by atoms with Crippen LogP contribution in [0.15, 0.2) is 52.0 Å². The standard InChI is InChI=1S/C28H30F9N7S/c1-5-24(43(4)14-22-15-45-16(2)40-22)23-7-6-19(26(29,30)31)10-18(23)13-44(25(41-38)42-39-3)12-17-8-20(27(32,33)34)11-21(9-17)28(35,36)37/h6-11,15,24,38-39H,5,12-14H2,1-4H3/b41-38?,42-25+. The molecule has 1 aromatic heterocycles. The first-order valence-electron chi connectivity index (χ1n) is 13.3. The van der Waals surface area contributed by atoms with Crippen LogP contribution in [-0.4, -0.2) is 34.8 Å². The van der Waals surface area contributed by atoms with Crippen molar-refractivity contribution < 1.29 is 39.5 Å². The molecule has 0 saturated heterocycles. The Kier molecular flexibility index (Phi) is 11.2. The molecule has 2 aromatic carbocycles. The fourth-order valence-electron chi connectivity index (χ4n) is 4.86. The summed E-state index contributed by atoms with van der Waals surface area (Å²) in [5.41, 5.74) is 6.56. The molecule has 17 heteroatoms. The number of hydrazone groups is 1. The van der Waals surface area contributed by atoms with E-state index < -0.39 is 65.9 Å². The van der Waals surface area contributed by atoms with Crippen LogP contribution in [0.3, 0.4) is 0 Å². The van der Waals surface area contributed by atoms with Crippen molar-refractivity contribution in [3.8, 4) is 0 Å². The number of aromatic nitrogens is 1. The SMILES string of the molecule is CCC(c1ccc(C(F)(F)F)cc1CN(Cc1cc(C(F)(F)F)cc(C(F)(F)F)c1)/C(N=N)=N/NC)N(C)Cc1csc(C)n1. The summed E-state index contributed by atoms with van der Waals surface area (Å²) in [6.45, 7) is 2.82. The molecule has 3 aromatic rings. The van der Waals surface area contributed by atoms with Gasteiger partial charge in [-0.25, -0.2) is 10.5 Å². The summed E-state index contributed by atoms with van der Waals surface area (Å²) in [7, 11) is 3.07. The van der Waals surface area contributed by atoms with Gasteiger partial charge in [-0.2, -0.15) is 39.5 Å². The van der Waals surface area contributed by atoms with E-state index in [9.17, 15) is 39.5 Å². The number of hydrogen-bond acceptors (Lipinski definition) is 6. The number of alkyl halides is 9. The minimum absolute atomic E-state index is 0.0261. The summed E-state index contributed by atoms with van der Waals surface area (Å²) >= 11 is 1.44. The number of aryl methyl sites for hydroxylation is 1. The summed E-state index contributed by atoms with van der Waals surface area (Å²) in [5.74, 6) is -0.480. The lowest BCUT2D eigenvalue weighted by molar-refractivity contribution is -0.143. The Labute approximate surface area is 257 Å². The van der Waals surface area contributed by atoms with Crippen LogP contribution in [-0.2, 0) is 38.2 Å². The van der Waals surface area contributed by atoms with Gasteiger partial charge in [-0.3, -0.25) is 4.90 Å². The first-order valence-corrected chi connectivity index (χ1v) is 14.2. The molecule has 0 radical (unpaired) electrons. The van der Waals surface area contributed by atoms with Crippen LogP contribution in [0, 0.1) is 12.5 Å². The van der Waals surface area contributed by atoms with Crippen molar-refractivity contribution in [3.05, 3.63) is 85.9 Å². The van der Waals surface area contributed by atoms with Gasteiger partial charge in [0, 0.05) is 38.1 Å². The highest BCUT2D eigenvalue weighted by Gasteiger charge is 2.37. The highest BCUT2D eigenvalue weighted by atomic mass is 32.1. The number of hydrogen-bond donors (Lipinski definition) is 2. The quantitative estimate of drug-likeness (QED) is 0.0746. The molecule has 3 rings (SSSR count). The molecule has 246 valence electrons. The summed E-state index contributed by atoms with van der Waals surface area (Å²) in [4.78, 5) is 7.35. The monoisotopic (exact) mass is 667 g/mol. The molecule has 0 aliphatic heterocycles. The zero-order chi connectivity index (χ0) is 33.7. The summed E-state index contributed by atoms with van der Waals surface area (Å²) in [6.07, 6.45) is -14.6. The van der Waals surface area contributed by atoms with Crippen molar-refractivity contribution in [1.29, 1.82) is 5.53 Å². The van der Waals surface area contributed by atoms with Crippen LogP contribution in [0.2, 0.25) is 0 Å². The lowest BCUT2D eigenvalue weighted by atomic mass is 9.94. The maximum Gasteiger partial charge on any atom is 0.416 e. The van der Waals surface area contributed by atoms with Crippen molar-refractivity contribution in [2.45, 2.75) is 64.5 Å². The van der Waals surface area contributed by atoms with Crippen LogP contribution in [0.4, 0.5) is 39.5 Å². The van der Waals surface area contributed by atoms with Gasteiger partial charge in [-0.15, -0.1) is 21.6 Å². The van der Waals surface area contributed by atoms with Gasteiger partial charge < -0.3 is 10.3 Å². The first-order chi connectivity index (χ1) is 20.9. The van der Waals surface area contributed by atoms with Gasteiger partial charge in [0.05, 0.1) is 27.4 Å². The van der Waals surface area contributed by atoms with Crippen LogP contribution in [0.5, 0.6) is 0 Å². The van der Waals surface area contributed by atoms with Crippen molar-refractivity contribution in [2.24, 2.45) is 10.2 Å². The van der Waals surface area contributed by atoms with Crippen LogP contribution < -0.4 is 5.43 Å². The zero-order valence-electron chi connectivity index (χ0n) is 24.5. The molecule has 1 atom stereocenters. The molecule has 2 N–H and O–H groups in total. The molecule has 45 heavy (non-hydrogen) atoms. The van der Waals surface area contributed by atoms with Crippen LogP contribution in [0.25, 0.3) is 0 Å². The Balaban J connectivity index is 2.15. The molecule has 1 unspecified atom stereocenters. The van der Waals surface area contributed by atoms with Gasteiger partial charge in [0.1, 0.15) is 0 Å². The topological polar surface area (TPSA) is 80.0 Å². The lowest BCUT2D eigenvalue weighted by Gasteiger charge is -2.31. The number of nitrogens with zero attached hydrogens (tertiary/aromatic N) is 5. The third kappa shape index (κ3) is 9.39. The minimum Gasteiger partial charge on any atom is -0.330 e. The number of halogens is 9. The van der Waals surface area contributed by atoms with Crippen molar-refractivity contribution in [2.75, 3.05) is 14.1 Å². The van der Waals surface area contributed by atoms with Gasteiger partial charge in [-0.05, 0) is 67.4 Å². The van der Waals surface area contributed by atoms with Crippen molar-refractivity contribution >= 4 is 17.3 Å². The minimum atomic E-state index is -5.12. The molecule has 0 saturated carbocycles. The largest absolute Gasteiger partial charge is 0.416 e. The summed E-state index contributed by atoms with van der Waals surface area (Å²) in [6, 6.07) is 3.61. The molecular weight excluding hydrogens is 637 g/mol. The van der Waals surface area contributed by atoms with Crippen molar-refractivity contribution in [1.82, 2.24) is 20.2 Å². The second kappa shape index (κ2) is 14.1. The third-order valence-corrected chi connectivity index (χ3v) is 7.63. The fourth-order valence-corrected chi connectivity index (χ4v) is 5.46. The molecule has 0 aliphatic carbocycles. The molecule has 0 amide bonds. The van der Waals surface area contributed by atoms with Gasteiger partial charge in [0.15, 0.2) is 0 Å². The Morgan fingerprint density at radius 3 is 1.98 bits per heavy atom. The highest BCUT2D eigenvalue weighted by molar-refractivity contribution is 7.09. The van der Waals surface area contributed by atoms with E-state index in [1.165, 1.54) is 24.5 Å². The Hall–Kier alpha value is -3.73. The number of guanidine groups is 1. The van der Waals surface area contributed by atoms with Crippen LogP contribution in [0.1, 0.15) is 63.5 Å². The normalized spacial score (nSPS) is 13.7. The second-order valence-corrected chi connectivity index (χ2v) is 11.2. The van der Waals surface area contributed by atoms with Gasteiger partial charge in [0.25, 0.3) is 5.96 Å². The third-order valence-electron chi connectivity index (χ3n) is 6.80. The first kappa shape index (κ1) is 35.7. The Morgan fingerprint density at radius 1 is 0.911 bits per heavy atom. The molecule has 0 aliphatic rings. The Bertz CT molecular complexity index is 1460. The predicted molar refractivity (Wildman–Crippen MR) is 150 cm³/mol. The molecule has 0 bridgehead atoms. The van der Waals surface area contributed by atoms with E-state index in [-0.39, 0.29) is 11.6 Å². The van der Waals surface area contributed by atoms with E-state index in [4.69, 9.17) is 5.53 Å². The zero-order valence-corrected chi connectivity index (χ0v) is 25.3. The molecule has 0 fully saturated rings. The summed E-state index contributed by atoms with van der Waals surface area (Å²) in [5, 5.41) is 9.73. The van der Waals surface area contributed by atoms with Crippen LogP contribution >= 0.6 is 11.3 Å². The fraction of sp³-hybridized carbons (Fsp3) is 0.429. The van der Waals surface area contributed by atoms with Gasteiger partial charge in [-0.1, -0.05) is 13.0 Å². The average Bonchev–Trinajstić information content (AvgIpc) is 3.34. The number of thiazole rings is 1. The van der Waals surface area contributed by atoms with Gasteiger partial charge in [0.2, 0.25) is 0 Å². The lowest BCUT2D eigenvalue weighted by Crippen LogP contribution is -2.32. The predicted octanol–water partition coefficient (Wildman–Crippen LogP) is 8.61. The maximum atomic E-state index is 13.8. The average molecular weight is 668 g/mol. The number of rotatable bonds is 10. The van der Waals surface area contributed by atoms with E-state index >= 15 is 0 Å².